The van der Waals surface area contributed by atoms with E-state index in [0.717, 1.165) is 36.1 Å². The second kappa shape index (κ2) is 10.3. The number of benzene rings is 2. The Morgan fingerprint density at radius 3 is 2.58 bits per heavy atom. The predicted octanol–water partition coefficient (Wildman–Crippen LogP) is 3.93. The van der Waals surface area contributed by atoms with E-state index >= 15 is 0 Å². The van der Waals surface area contributed by atoms with Gasteiger partial charge in [-0.2, -0.15) is 4.31 Å². The molecule has 1 heterocycles. The van der Waals surface area contributed by atoms with E-state index in [9.17, 15) is 13.2 Å². The third-order valence-electron chi connectivity index (χ3n) is 5.60. The zero-order chi connectivity index (χ0) is 22.4. The molecule has 2 aromatic rings. The smallest absolute Gasteiger partial charge is 0.243 e. The Hall–Kier alpha value is -2.42. The lowest BCUT2D eigenvalue weighted by atomic mass is 10.1. The number of hydrogen-bond donors (Lipinski definition) is 2. The second-order valence-electron chi connectivity index (χ2n) is 7.85. The Morgan fingerprint density at radius 1 is 1.13 bits per heavy atom. The maximum absolute atomic E-state index is 12.9. The molecule has 1 aliphatic heterocycles. The number of hydrogen-bond acceptors (Lipinski definition) is 5. The Kier molecular flexibility index (Phi) is 7.69. The summed E-state index contributed by atoms with van der Waals surface area (Å²) < 4.78 is 32.8. The fourth-order valence-corrected chi connectivity index (χ4v) is 5.11. The number of rotatable bonds is 8. The van der Waals surface area contributed by atoms with E-state index in [1.165, 1.54) is 4.31 Å². The van der Waals surface area contributed by atoms with Crippen molar-refractivity contribution < 1.29 is 17.9 Å². The molecule has 3 rings (SSSR count). The minimum atomic E-state index is -3.55. The monoisotopic (exact) mass is 445 g/mol. The Labute approximate surface area is 184 Å². The van der Waals surface area contributed by atoms with Crippen LogP contribution in [0.5, 0.6) is 0 Å². The molecule has 2 N–H and O–H groups in total. The maximum atomic E-state index is 12.9. The van der Waals surface area contributed by atoms with Crippen LogP contribution in [-0.2, 0) is 19.6 Å². The number of amides is 1. The molecule has 1 fully saturated rings. The van der Waals surface area contributed by atoms with Crippen molar-refractivity contribution in [2.24, 2.45) is 0 Å². The van der Waals surface area contributed by atoms with Crippen LogP contribution in [0, 0.1) is 6.92 Å². The van der Waals surface area contributed by atoms with Crippen LogP contribution >= 0.6 is 0 Å². The molecule has 7 nitrogen and oxygen atoms in total. The van der Waals surface area contributed by atoms with E-state index < -0.39 is 10.0 Å². The zero-order valence-electron chi connectivity index (χ0n) is 18.3. The highest BCUT2D eigenvalue weighted by molar-refractivity contribution is 7.89. The van der Waals surface area contributed by atoms with Crippen molar-refractivity contribution in [3.63, 3.8) is 0 Å². The molecule has 8 heteroatoms. The highest BCUT2D eigenvalue weighted by atomic mass is 32.2. The van der Waals surface area contributed by atoms with Crippen molar-refractivity contribution >= 4 is 27.3 Å². The largest absolute Gasteiger partial charge is 0.377 e. The van der Waals surface area contributed by atoms with Crippen LogP contribution in [0.4, 0.5) is 11.4 Å². The molecule has 168 valence electrons. The number of aryl methyl sites for hydroxylation is 1. The quantitative estimate of drug-likeness (QED) is 0.643. The van der Waals surface area contributed by atoms with Crippen LogP contribution in [0.2, 0.25) is 0 Å². The van der Waals surface area contributed by atoms with Gasteiger partial charge in [0.2, 0.25) is 15.9 Å². The van der Waals surface area contributed by atoms with E-state index in [2.05, 4.69) is 10.6 Å². The summed E-state index contributed by atoms with van der Waals surface area (Å²) in [6, 6.07) is 12.6. The minimum Gasteiger partial charge on any atom is -0.377 e. The molecule has 0 spiro atoms. The topological polar surface area (TPSA) is 87.7 Å². The van der Waals surface area contributed by atoms with E-state index in [0.29, 0.717) is 18.8 Å². The summed E-state index contributed by atoms with van der Waals surface area (Å²) in [4.78, 5) is 12.7. The predicted molar refractivity (Wildman–Crippen MR) is 123 cm³/mol. The molecule has 0 bridgehead atoms. The van der Waals surface area contributed by atoms with Gasteiger partial charge in [0.25, 0.3) is 0 Å². The molecule has 2 aromatic carbocycles. The standard InChI is InChI=1S/C23H31N3O4S/c1-17-10-11-21(31(28,29)26-12-5-4-6-13-26)15-22(17)25-23(27)16-24-20-9-7-8-19(14-20)18(2)30-3/h7-11,14-15,18,24H,4-6,12-13,16H2,1-3H3,(H,25,27). The van der Waals surface area contributed by atoms with Gasteiger partial charge in [0, 0.05) is 31.6 Å². The van der Waals surface area contributed by atoms with Crippen molar-refractivity contribution in [1.29, 1.82) is 0 Å². The van der Waals surface area contributed by atoms with Gasteiger partial charge in [-0.25, -0.2) is 8.42 Å². The SMILES string of the molecule is COC(C)c1cccc(NCC(=O)Nc2cc(S(=O)(=O)N3CCCCC3)ccc2C)c1. The van der Waals surface area contributed by atoms with Crippen LogP contribution in [0.15, 0.2) is 47.4 Å². The summed E-state index contributed by atoms with van der Waals surface area (Å²) in [5, 5.41) is 5.94. The van der Waals surface area contributed by atoms with Gasteiger partial charge in [-0.1, -0.05) is 24.6 Å². The van der Waals surface area contributed by atoms with E-state index in [-0.39, 0.29) is 23.5 Å². The van der Waals surface area contributed by atoms with Gasteiger partial charge in [-0.05, 0) is 62.1 Å². The van der Waals surface area contributed by atoms with E-state index in [1.54, 1.807) is 25.3 Å². The van der Waals surface area contributed by atoms with Crippen molar-refractivity contribution in [2.45, 2.75) is 44.1 Å². The molecule has 1 aliphatic rings. The van der Waals surface area contributed by atoms with Gasteiger partial charge in [-0.3, -0.25) is 4.79 Å². The first kappa shape index (κ1) is 23.2. The second-order valence-corrected chi connectivity index (χ2v) is 9.78. The number of nitrogens with zero attached hydrogens (tertiary/aromatic N) is 1. The molecule has 1 atom stereocenters. The number of piperidine rings is 1. The molecular formula is C23H31N3O4S. The van der Waals surface area contributed by atoms with Crippen molar-refractivity contribution in [2.75, 3.05) is 37.4 Å². The summed E-state index contributed by atoms with van der Waals surface area (Å²) in [6.45, 7) is 4.95. The van der Waals surface area contributed by atoms with E-state index in [4.69, 9.17) is 4.74 Å². The van der Waals surface area contributed by atoms with Crippen LogP contribution in [0.3, 0.4) is 0 Å². The number of sulfonamides is 1. The van der Waals surface area contributed by atoms with E-state index in [1.807, 2.05) is 38.1 Å². The highest BCUT2D eigenvalue weighted by Gasteiger charge is 2.26. The number of methoxy groups -OCH3 is 1. The Bertz CT molecular complexity index is 1020. The van der Waals surface area contributed by atoms with Gasteiger partial charge in [0.1, 0.15) is 0 Å². The summed E-state index contributed by atoms with van der Waals surface area (Å²) in [6.07, 6.45) is 2.78. The summed E-state index contributed by atoms with van der Waals surface area (Å²) in [7, 11) is -1.90. The summed E-state index contributed by atoms with van der Waals surface area (Å²) in [5.74, 6) is -0.249. The molecule has 0 saturated carbocycles. The van der Waals surface area contributed by atoms with Gasteiger partial charge in [0.05, 0.1) is 17.5 Å². The molecule has 1 amide bonds. The van der Waals surface area contributed by atoms with Crippen molar-refractivity contribution in [3.8, 4) is 0 Å². The average molecular weight is 446 g/mol. The zero-order valence-corrected chi connectivity index (χ0v) is 19.2. The van der Waals surface area contributed by atoms with Crippen molar-refractivity contribution in [1.82, 2.24) is 4.31 Å². The lowest BCUT2D eigenvalue weighted by Crippen LogP contribution is -2.35. The molecule has 0 aromatic heterocycles. The number of anilines is 2. The maximum Gasteiger partial charge on any atom is 0.243 e. The van der Waals surface area contributed by atoms with Crippen molar-refractivity contribution in [3.05, 3.63) is 53.6 Å². The fraction of sp³-hybridized carbons (Fsp3) is 0.435. The minimum absolute atomic E-state index is 0.0391. The molecule has 1 saturated heterocycles. The fourth-order valence-electron chi connectivity index (χ4n) is 3.56. The van der Waals surface area contributed by atoms with Crippen LogP contribution in [0.25, 0.3) is 0 Å². The first-order chi connectivity index (χ1) is 14.8. The van der Waals surface area contributed by atoms with Gasteiger partial charge in [0.15, 0.2) is 0 Å². The van der Waals surface area contributed by atoms with Crippen LogP contribution in [-0.4, -0.2) is 45.4 Å². The van der Waals surface area contributed by atoms with Gasteiger partial charge >= 0.3 is 0 Å². The van der Waals surface area contributed by atoms with Gasteiger partial charge in [-0.15, -0.1) is 0 Å². The summed E-state index contributed by atoms with van der Waals surface area (Å²) >= 11 is 0. The number of carbonyl (C=O) groups excluding carboxylic acids is 1. The Morgan fingerprint density at radius 2 is 1.87 bits per heavy atom. The molecular weight excluding hydrogens is 414 g/mol. The van der Waals surface area contributed by atoms with Crippen LogP contribution < -0.4 is 10.6 Å². The molecule has 1 unspecified atom stereocenters. The summed E-state index contributed by atoms with van der Waals surface area (Å²) in [5.41, 5.74) is 3.14. The number of carbonyl (C=O) groups is 1. The number of ether oxygens (including phenoxy) is 1. The first-order valence-electron chi connectivity index (χ1n) is 10.6. The first-order valence-corrected chi connectivity index (χ1v) is 12.0. The highest BCUT2D eigenvalue weighted by Crippen LogP contribution is 2.25. The average Bonchev–Trinajstić information content (AvgIpc) is 2.79. The molecule has 0 aliphatic carbocycles. The lowest BCUT2D eigenvalue weighted by molar-refractivity contribution is -0.114. The normalized spacial score (nSPS) is 16.0. The number of nitrogens with one attached hydrogen (secondary N) is 2. The Balaban J connectivity index is 1.67. The molecule has 31 heavy (non-hydrogen) atoms. The van der Waals surface area contributed by atoms with Gasteiger partial charge < -0.3 is 15.4 Å². The van der Waals surface area contributed by atoms with Crippen LogP contribution in [0.1, 0.15) is 43.4 Å². The third-order valence-corrected chi connectivity index (χ3v) is 7.49. The lowest BCUT2D eigenvalue weighted by Gasteiger charge is -2.26. The molecule has 0 radical (unpaired) electrons. The third kappa shape index (κ3) is 5.84.